The smallest absolute Gasteiger partial charge is 0.204 e. The lowest BCUT2D eigenvalue weighted by Crippen LogP contribution is -2.36. The lowest BCUT2D eigenvalue weighted by molar-refractivity contribution is 0.101. The summed E-state index contributed by atoms with van der Waals surface area (Å²) < 4.78 is 11.5. The number of rotatable bonds is 2. The number of fused-ring (bicyclic) bond motifs is 1. The normalized spacial score (nSPS) is 15.9. The van der Waals surface area contributed by atoms with Crippen LogP contribution >= 0.6 is 11.3 Å². The molecule has 5 nitrogen and oxygen atoms in total. The van der Waals surface area contributed by atoms with Crippen LogP contribution in [0.2, 0.25) is 0 Å². The van der Waals surface area contributed by atoms with Crippen molar-refractivity contribution in [1.82, 2.24) is 0 Å². The van der Waals surface area contributed by atoms with Gasteiger partial charge >= 0.3 is 0 Å². The first kappa shape index (κ1) is 12.4. The monoisotopic (exact) mass is 279 g/mol. The molecule has 6 heteroatoms. The molecule has 100 valence electrons. The average molecular weight is 279 g/mol. The molecule has 0 aliphatic carbocycles. The van der Waals surface area contributed by atoms with Gasteiger partial charge in [0.15, 0.2) is 17.3 Å². The number of ether oxygens (including phenoxy) is 1. The van der Waals surface area contributed by atoms with Crippen molar-refractivity contribution in [3.8, 4) is 0 Å². The molecule has 1 fully saturated rings. The summed E-state index contributed by atoms with van der Waals surface area (Å²) in [5.41, 5.74) is 0.791. The minimum absolute atomic E-state index is 0.0893. The summed E-state index contributed by atoms with van der Waals surface area (Å²) in [4.78, 5) is 25.6. The van der Waals surface area contributed by atoms with Gasteiger partial charge in [0, 0.05) is 24.5 Å². The van der Waals surface area contributed by atoms with E-state index in [0.717, 1.165) is 0 Å². The van der Waals surface area contributed by atoms with Gasteiger partial charge < -0.3 is 14.1 Å². The molecule has 0 saturated carbocycles. The molecule has 19 heavy (non-hydrogen) atoms. The van der Waals surface area contributed by atoms with Gasteiger partial charge in [0.05, 0.1) is 18.8 Å². The maximum absolute atomic E-state index is 12.1. The molecule has 0 N–H and O–H groups in total. The molecule has 2 aromatic rings. The van der Waals surface area contributed by atoms with Gasteiger partial charge in [-0.05, 0) is 6.92 Å². The molecule has 0 bridgehead atoms. The van der Waals surface area contributed by atoms with Crippen molar-refractivity contribution < 1.29 is 13.9 Å². The zero-order chi connectivity index (χ0) is 13.4. The first-order chi connectivity index (χ1) is 9.16. The van der Waals surface area contributed by atoms with Crippen LogP contribution in [0.3, 0.4) is 0 Å². The van der Waals surface area contributed by atoms with E-state index in [1.165, 1.54) is 24.3 Å². The zero-order valence-corrected chi connectivity index (χ0v) is 11.3. The maximum Gasteiger partial charge on any atom is 0.204 e. The highest BCUT2D eigenvalue weighted by Gasteiger charge is 2.19. The van der Waals surface area contributed by atoms with Crippen molar-refractivity contribution in [2.75, 3.05) is 31.2 Å². The molecule has 1 aliphatic heterocycles. The van der Waals surface area contributed by atoms with Crippen LogP contribution in [-0.4, -0.2) is 32.1 Å². The van der Waals surface area contributed by atoms with Gasteiger partial charge in [0.25, 0.3) is 0 Å². The number of anilines is 1. The topological polar surface area (TPSA) is 59.8 Å². The van der Waals surface area contributed by atoms with Crippen molar-refractivity contribution >= 4 is 33.3 Å². The summed E-state index contributed by atoms with van der Waals surface area (Å²) in [6.45, 7) is 4.08. The second kappa shape index (κ2) is 4.79. The summed E-state index contributed by atoms with van der Waals surface area (Å²) >= 11 is 1.25. The molecule has 3 heterocycles. The predicted octanol–water partition coefficient (Wildman–Crippen LogP) is 1.89. The number of hydrogen-bond acceptors (Lipinski definition) is 6. The van der Waals surface area contributed by atoms with E-state index in [0.29, 0.717) is 48.0 Å². The molecule has 0 aromatic carbocycles. The molecule has 0 amide bonds. The van der Waals surface area contributed by atoms with Gasteiger partial charge in [0.2, 0.25) is 5.43 Å². The fourth-order valence-electron chi connectivity index (χ4n) is 2.11. The Bertz CT molecular complexity index is 681. The number of carbonyl (C=O) groups is 1. The molecule has 2 aromatic heterocycles. The Kier molecular flexibility index (Phi) is 3.12. The second-order valence-corrected chi connectivity index (χ2v) is 5.29. The van der Waals surface area contributed by atoms with Gasteiger partial charge in [0.1, 0.15) is 4.70 Å². The third-order valence-corrected chi connectivity index (χ3v) is 4.11. The summed E-state index contributed by atoms with van der Waals surface area (Å²) in [5, 5.41) is 1.68. The summed E-state index contributed by atoms with van der Waals surface area (Å²) in [7, 11) is 0. The van der Waals surface area contributed by atoms with Gasteiger partial charge in [-0.1, -0.05) is 0 Å². The minimum atomic E-state index is -0.0970. The van der Waals surface area contributed by atoms with Crippen molar-refractivity contribution in [1.29, 1.82) is 0 Å². The Morgan fingerprint density at radius 2 is 2.11 bits per heavy atom. The summed E-state index contributed by atoms with van der Waals surface area (Å²) in [5.74, 6) is 0.426. The van der Waals surface area contributed by atoms with Gasteiger partial charge in [-0.15, -0.1) is 11.3 Å². The minimum Gasteiger partial charge on any atom is -0.439 e. The Hall–Kier alpha value is -1.66. The first-order valence-electron chi connectivity index (χ1n) is 6.06. The van der Waals surface area contributed by atoms with Gasteiger partial charge in [-0.3, -0.25) is 9.59 Å². The molecular formula is C13H13NO4S. The second-order valence-electron chi connectivity index (χ2n) is 4.41. The fraction of sp³-hybridized carbons (Fsp3) is 0.385. The van der Waals surface area contributed by atoms with Crippen LogP contribution in [0, 0.1) is 0 Å². The van der Waals surface area contributed by atoms with E-state index >= 15 is 0 Å². The highest BCUT2D eigenvalue weighted by atomic mass is 32.1. The zero-order valence-electron chi connectivity index (χ0n) is 10.5. The Morgan fingerprint density at radius 3 is 2.79 bits per heavy atom. The number of thiophene rings is 1. The quantitative estimate of drug-likeness (QED) is 0.786. The number of Topliss-reactive ketones (excluding diaryl/α,β-unsaturated/α-hetero) is 1. The van der Waals surface area contributed by atoms with Gasteiger partial charge in [-0.2, -0.15) is 0 Å². The number of carbonyl (C=O) groups excluding carboxylic acids is 1. The first-order valence-corrected chi connectivity index (χ1v) is 6.94. The largest absolute Gasteiger partial charge is 0.439 e. The molecule has 0 spiro atoms. The average Bonchev–Trinajstić information content (AvgIpc) is 2.84. The highest BCUT2D eigenvalue weighted by Crippen LogP contribution is 2.27. The van der Waals surface area contributed by atoms with E-state index in [4.69, 9.17) is 9.15 Å². The molecule has 3 rings (SSSR count). The lowest BCUT2D eigenvalue weighted by atomic mass is 10.2. The van der Waals surface area contributed by atoms with Gasteiger partial charge in [-0.25, -0.2) is 0 Å². The SMILES string of the molecule is CC(=O)c1csc2c(=O)cc(N3CCOCC3)oc12. The summed E-state index contributed by atoms with van der Waals surface area (Å²) in [6, 6.07) is 1.49. The van der Waals surface area contributed by atoms with E-state index in [1.807, 2.05) is 4.90 Å². The van der Waals surface area contributed by atoms with E-state index in [1.54, 1.807) is 5.38 Å². The maximum atomic E-state index is 12.1. The third kappa shape index (κ3) is 2.17. The molecule has 0 unspecified atom stereocenters. The van der Waals surface area contributed by atoms with Crippen molar-refractivity contribution in [3.63, 3.8) is 0 Å². The van der Waals surface area contributed by atoms with E-state index in [9.17, 15) is 9.59 Å². The van der Waals surface area contributed by atoms with Crippen LogP contribution in [-0.2, 0) is 4.74 Å². The lowest BCUT2D eigenvalue weighted by Gasteiger charge is -2.27. The third-order valence-electron chi connectivity index (χ3n) is 3.13. The number of hydrogen-bond donors (Lipinski definition) is 0. The van der Waals surface area contributed by atoms with Crippen molar-refractivity contribution in [2.24, 2.45) is 0 Å². The van der Waals surface area contributed by atoms with Crippen LogP contribution in [0.15, 0.2) is 20.7 Å². The van der Waals surface area contributed by atoms with Crippen LogP contribution in [0.4, 0.5) is 5.88 Å². The Morgan fingerprint density at radius 1 is 1.37 bits per heavy atom. The molecular weight excluding hydrogens is 266 g/mol. The molecule has 1 aliphatic rings. The summed E-state index contributed by atoms with van der Waals surface area (Å²) in [6.07, 6.45) is 0. The number of nitrogens with zero attached hydrogens (tertiary/aromatic N) is 1. The Balaban J connectivity index is 2.13. The van der Waals surface area contributed by atoms with Crippen LogP contribution in [0.25, 0.3) is 10.3 Å². The number of ketones is 1. The fourth-order valence-corrected chi connectivity index (χ4v) is 3.06. The van der Waals surface area contributed by atoms with Crippen molar-refractivity contribution in [3.05, 3.63) is 27.2 Å². The molecule has 0 radical (unpaired) electrons. The molecule has 0 atom stereocenters. The van der Waals surface area contributed by atoms with E-state index < -0.39 is 0 Å². The standard InChI is InChI=1S/C13H13NO4S/c1-8(15)9-7-19-13-10(16)6-11(18-12(9)13)14-2-4-17-5-3-14/h6-7H,2-5H2,1H3. The predicted molar refractivity (Wildman–Crippen MR) is 73.4 cm³/mol. The van der Waals surface area contributed by atoms with Crippen molar-refractivity contribution in [2.45, 2.75) is 6.92 Å². The van der Waals surface area contributed by atoms with Crippen LogP contribution < -0.4 is 10.3 Å². The van der Waals surface area contributed by atoms with Crippen LogP contribution in [0.5, 0.6) is 0 Å². The van der Waals surface area contributed by atoms with Crippen LogP contribution in [0.1, 0.15) is 17.3 Å². The number of morpholine rings is 1. The highest BCUT2D eigenvalue weighted by molar-refractivity contribution is 7.17. The molecule has 1 saturated heterocycles. The van der Waals surface area contributed by atoms with E-state index in [-0.39, 0.29) is 11.2 Å². The Labute approximate surface area is 113 Å². The van der Waals surface area contributed by atoms with E-state index in [2.05, 4.69) is 0 Å².